The highest BCUT2D eigenvalue weighted by atomic mass is 16.7. The van der Waals surface area contributed by atoms with Gasteiger partial charge in [0.1, 0.15) is 11.5 Å². The predicted octanol–water partition coefficient (Wildman–Crippen LogP) is 0.985. The number of ether oxygens (including phenoxy) is 2. The summed E-state index contributed by atoms with van der Waals surface area (Å²) in [5.74, 6) is -1.35. The van der Waals surface area contributed by atoms with Crippen LogP contribution in [-0.2, 0) is 23.9 Å². The zero-order chi connectivity index (χ0) is 15.4. The first-order chi connectivity index (χ1) is 9.95. The minimum Gasteiger partial charge on any atom is -0.510 e. The number of carbonyl (C=O) groups excluding carboxylic acids is 3. The molecule has 0 aromatic rings. The molecule has 0 aromatic carbocycles. The number of esters is 1. The average molecular weight is 293 g/mol. The lowest BCUT2D eigenvalue weighted by Gasteiger charge is -2.08. The molecule has 1 aliphatic carbocycles. The number of aliphatic hydroxyl groups excluding tert-OH is 1. The Bertz CT molecular complexity index is 572. The van der Waals surface area contributed by atoms with Crippen LogP contribution in [0.2, 0.25) is 0 Å². The molecule has 1 amide bonds. The lowest BCUT2D eigenvalue weighted by atomic mass is 10.2. The van der Waals surface area contributed by atoms with Gasteiger partial charge in [-0.3, -0.25) is 14.4 Å². The monoisotopic (exact) mass is 293 g/mol. The number of allylic oxidation sites excluding steroid dienone is 3. The van der Waals surface area contributed by atoms with Crippen molar-refractivity contribution >= 4 is 17.7 Å². The summed E-state index contributed by atoms with van der Waals surface area (Å²) in [4.78, 5) is 33.8. The molecule has 112 valence electrons. The van der Waals surface area contributed by atoms with E-state index >= 15 is 0 Å². The normalized spacial score (nSPS) is 21.5. The van der Waals surface area contributed by atoms with Gasteiger partial charge in [0.25, 0.3) is 0 Å². The van der Waals surface area contributed by atoms with Gasteiger partial charge < -0.3 is 19.9 Å². The maximum Gasteiger partial charge on any atom is 0.305 e. The van der Waals surface area contributed by atoms with Crippen molar-refractivity contribution in [1.82, 2.24) is 5.32 Å². The largest absolute Gasteiger partial charge is 0.510 e. The molecule has 0 bridgehead atoms. The van der Waals surface area contributed by atoms with Crippen molar-refractivity contribution in [2.75, 3.05) is 0 Å². The summed E-state index contributed by atoms with van der Waals surface area (Å²) in [6, 6.07) is 0. The van der Waals surface area contributed by atoms with Gasteiger partial charge in [0.15, 0.2) is 5.78 Å². The third-order valence-electron chi connectivity index (χ3n) is 2.92. The number of nitrogens with one attached hydrogen (secondary N) is 1. The van der Waals surface area contributed by atoms with Gasteiger partial charge in [0.2, 0.25) is 12.2 Å². The van der Waals surface area contributed by atoms with E-state index in [9.17, 15) is 19.5 Å². The molecule has 0 saturated heterocycles. The number of Topliss-reactive ketones (excluding diaryl/α,β-unsaturated/α-hetero) is 1. The molecule has 0 spiro atoms. The quantitative estimate of drug-likeness (QED) is 0.592. The lowest BCUT2D eigenvalue weighted by molar-refractivity contribution is -0.163. The van der Waals surface area contributed by atoms with E-state index in [-0.39, 0.29) is 30.1 Å². The maximum atomic E-state index is 11.7. The zero-order valence-corrected chi connectivity index (χ0v) is 11.4. The lowest BCUT2D eigenvalue weighted by Crippen LogP contribution is -2.24. The van der Waals surface area contributed by atoms with Crippen molar-refractivity contribution in [3.8, 4) is 0 Å². The molecule has 0 aromatic heterocycles. The molecular formula is C14H15NO6. The highest BCUT2D eigenvalue weighted by Crippen LogP contribution is 2.20. The number of rotatable bonds is 4. The third kappa shape index (κ3) is 3.95. The molecule has 1 unspecified atom stereocenters. The second-order valence-electron chi connectivity index (χ2n) is 4.64. The Morgan fingerprint density at radius 2 is 2.24 bits per heavy atom. The molecular weight excluding hydrogens is 278 g/mol. The molecule has 2 rings (SSSR count). The molecule has 1 aliphatic heterocycles. The number of amides is 1. The van der Waals surface area contributed by atoms with E-state index in [2.05, 4.69) is 5.32 Å². The van der Waals surface area contributed by atoms with Crippen LogP contribution in [0.15, 0.2) is 35.4 Å². The molecule has 1 heterocycles. The van der Waals surface area contributed by atoms with E-state index in [0.29, 0.717) is 12.0 Å². The van der Waals surface area contributed by atoms with Gasteiger partial charge in [-0.1, -0.05) is 6.08 Å². The summed E-state index contributed by atoms with van der Waals surface area (Å²) in [6.45, 7) is 1.28. The van der Waals surface area contributed by atoms with Crippen molar-refractivity contribution in [2.45, 2.75) is 32.5 Å². The Kier molecular flexibility index (Phi) is 4.42. The molecule has 0 saturated carbocycles. The van der Waals surface area contributed by atoms with Gasteiger partial charge in [0, 0.05) is 32.3 Å². The summed E-state index contributed by atoms with van der Waals surface area (Å²) >= 11 is 0. The summed E-state index contributed by atoms with van der Waals surface area (Å²) in [7, 11) is 0. The van der Waals surface area contributed by atoms with Crippen LogP contribution < -0.4 is 5.32 Å². The van der Waals surface area contributed by atoms with Gasteiger partial charge in [-0.15, -0.1) is 0 Å². The fourth-order valence-electron chi connectivity index (χ4n) is 1.95. The van der Waals surface area contributed by atoms with Gasteiger partial charge in [0.05, 0.1) is 6.26 Å². The number of hydrogen-bond donors (Lipinski definition) is 2. The first kappa shape index (κ1) is 14.8. The van der Waals surface area contributed by atoms with Crippen molar-refractivity contribution in [3.63, 3.8) is 0 Å². The minimum absolute atomic E-state index is 0.0425. The SMILES string of the molecule is CC(=O)OC1CC(C=CC(=O)NC2=C(O)CCC2=O)=CO1. The van der Waals surface area contributed by atoms with E-state index < -0.39 is 18.2 Å². The van der Waals surface area contributed by atoms with Crippen LogP contribution in [0.5, 0.6) is 0 Å². The fraction of sp³-hybridized carbons (Fsp3) is 0.357. The minimum atomic E-state index is -0.673. The summed E-state index contributed by atoms with van der Waals surface area (Å²) < 4.78 is 9.94. The zero-order valence-electron chi connectivity index (χ0n) is 11.4. The van der Waals surface area contributed by atoms with Crippen LogP contribution in [-0.4, -0.2) is 29.1 Å². The second kappa shape index (κ2) is 6.25. The van der Waals surface area contributed by atoms with Gasteiger partial charge in [-0.2, -0.15) is 0 Å². The Labute approximate surface area is 120 Å². The molecule has 7 nitrogen and oxygen atoms in total. The van der Waals surface area contributed by atoms with Crippen LogP contribution in [0.3, 0.4) is 0 Å². The molecule has 7 heteroatoms. The van der Waals surface area contributed by atoms with E-state index in [0.717, 1.165) is 0 Å². The van der Waals surface area contributed by atoms with E-state index in [1.165, 1.54) is 25.3 Å². The van der Waals surface area contributed by atoms with E-state index in [1.807, 2.05) is 0 Å². The van der Waals surface area contributed by atoms with Crippen LogP contribution in [0.1, 0.15) is 26.2 Å². The Morgan fingerprint density at radius 3 is 2.86 bits per heavy atom. The molecule has 1 atom stereocenters. The number of ketones is 1. The van der Waals surface area contributed by atoms with Crippen LogP contribution >= 0.6 is 0 Å². The number of carbonyl (C=O) groups is 3. The number of aliphatic hydroxyl groups is 1. The Balaban J connectivity index is 1.85. The molecule has 0 radical (unpaired) electrons. The van der Waals surface area contributed by atoms with Crippen molar-refractivity contribution in [3.05, 3.63) is 35.4 Å². The Hall–Kier alpha value is -2.57. The van der Waals surface area contributed by atoms with Gasteiger partial charge >= 0.3 is 5.97 Å². The predicted molar refractivity (Wildman–Crippen MR) is 70.5 cm³/mol. The van der Waals surface area contributed by atoms with Crippen LogP contribution in [0.25, 0.3) is 0 Å². The van der Waals surface area contributed by atoms with Crippen molar-refractivity contribution < 1.29 is 29.0 Å². The first-order valence-corrected chi connectivity index (χ1v) is 6.42. The topological polar surface area (TPSA) is 102 Å². The molecule has 21 heavy (non-hydrogen) atoms. The summed E-state index contributed by atoms with van der Waals surface area (Å²) in [5, 5.41) is 11.8. The second-order valence-corrected chi connectivity index (χ2v) is 4.64. The van der Waals surface area contributed by atoms with E-state index in [1.54, 1.807) is 0 Å². The Morgan fingerprint density at radius 1 is 1.48 bits per heavy atom. The van der Waals surface area contributed by atoms with Crippen molar-refractivity contribution in [2.24, 2.45) is 0 Å². The maximum absolute atomic E-state index is 11.7. The fourth-order valence-corrected chi connectivity index (χ4v) is 1.95. The van der Waals surface area contributed by atoms with Gasteiger partial charge in [-0.25, -0.2) is 0 Å². The van der Waals surface area contributed by atoms with Crippen molar-refractivity contribution in [1.29, 1.82) is 0 Å². The number of hydrogen-bond acceptors (Lipinski definition) is 6. The van der Waals surface area contributed by atoms with Crippen LogP contribution in [0.4, 0.5) is 0 Å². The summed E-state index contributed by atoms with van der Waals surface area (Å²) in [5.41, 5.74) is 0.631. The molecule has 0 fully saturated rings. The first-order valence-electron chi connectivity index (χ1n) is 6.42. The van der Waals surface area contributed by atoms with E-state index in [4.69, 9.17) is 9.47 Å². The highest BCUT2D eigenvalue weighted by molar-refractivity contribution is 6.03. The van der Waals surface area contributed by atoms with Crippen LogP contribution in [0, 0.1) is 0 Å². The smallest absolute Gasteiger partial charge is 0.305 e. The van der Waals surface area contributed by atoms with Gasteiger partial charge in [-0.05, 0) is 5.57 Å². The standard InChI is InChI=1S/C14H15NO6/c1-8(16)21-13-6-9(7-20-13)2-5-12(19)15-14-10(17)3-4-11(14)18/h2,5,7,13,17H,3-4,6H2,1H3,(H,15,19). The summed E-state index contributed by atoms with van der Waals surface area (Å²) in [6.07, 6.45) is 4.24. The average Bonchev–Trinajstić information content (AvgIpc) is 2.97. The molecule has 2 aliphatic rings. The molecule has 2 N–H and O–H groups in total. The highest BCUT2D eigenvalue weighted by Gasteiger charge is 2.24. The third-order valence-corrected chi connectivity index (χ3v) is 2.92.